The van der Waals surface area contributed by atoms with Crippen molar-refractivity contribution in [3.8, 4) is 0 Å². The van der Waals surface area contributed by atoms with Crippen LogP contribution in [0.2, 0.25) is 0 Å². The monoisotopic (exact) mass is 256 g/mol. The number of carbonyl (C=O) groups excluding carboxylic acids is 4. The summed E-state index contributed by atoms with van der Waals surface area (Å²) in [5.41, 5.74) is 0. The fraction of sp³-hybridized carbons (Fsp3) is 0.636. The molecule has 0 aromatic heterocycles. The summed E-state index contributed by atoms with van der Waals surface area (Å²) >= 11 is 0. The summed E-state index contributed by atoms with van der Waals surface area (Å²) in [5.74, 6) is -1.82. The molecule has 1 N–H and O–H groups in total. The highest BCUT2D eigenvalue weighted by Gasteiger charge is 2.32. The number of nitrogens with zero attached hydrogens (tertiary/aromatic N) is 1. The molecule has 0 aliphatic carbocycles. The molecule has 3 amide bonds. The quantitative estimate of drug-likeness (QED) is 0.670. The topological polar surface area (TPSA) is 92.8 Å². The first-order chi connectivity index (χ1) is 8.54. The molecule has 0 aromatic rings. The molecule has 1 rings (SSSR count). The Kier molecular flexibility index (Phi) is 5.29. The van der Waals surface area contributed by atoms with E-state index in [1.54, 1.807) is 6.92 Å². The molecule has 0 aromatic carbocycles. The molecule has 0 saturated carbocycles. The van der Waals surface area contributed by atoms with Gasteiger partial charge in [0.05, 0.1) is 0 Å². The van der Waals surface area contributed by atoms with Crippen LogP contribution in [0.1, 0.15) is 39.0 Å². The highest BCUT2D eigenvalue weighted by atomic mass is 16.7. The van der Waals surface area contributed by atoms with Gasteiger partial charge in [-0.3, -0.25) is 14.4 Å². The predicted molar refractivity (Wildman–Crippen MR) is 59.7 cm³/mol. The first-order valence-corrected chi connectivity index (χ1v) is 5.88. The second kappa shape index (κ2) is 6.73. The van der Waals surface area contributed by atoms with Crippen LogP contribution in [0.25, 0.3) is 0 Å². The molecule has 0 unspecified atom stereocenters. The van der Waals surface area contributed by atoms with Gasteiger partial charge in [-0.25, -0.2) is 4.79 Å². The molecule has 7 nitrogen and oxygen atoms in total. The van der Waals surface area contributed by atoms with Crippen molar-refractivity contribution in [1.82, 2.24) is 10.4 Å². The zero-order valence-electron chi connectivity index (χ0n) is 10.2. The van der Waals surface area contributed by atoms with E-state index in [0.29, 0.717) is 18.0 Å². The minimum Gasteiger partial charge on any atom is -0.356 e. The van der Waals surface area contributed by atoms with Crippen LogP contribution in [-0.2, 0) is 24.0 Å². The third-order valence-corrected chi connectivity index (χ3v) is 2.36. The SMILES string of the molecule is CCNC(=O)CCCC(=O)ON1C(=O)CCC1=O. The Morgan fingerprint density at radius 2 is 1.83 bits per heavy atom. The van der Waals surface area contributed by atoms with E-state index in [0.717, 1.165) is 0 Å². The van der Waals surface area contributed by atoms with Crippen LogP contribution >= 0.6 is 0 Å². The lowest BCUT2D eigenvalue weighted by atomic mass is 10.2. The van der Waals surface area contributed by atoms with Gasteiger partial charge in [0.15, 0.2) is 0 Å². The van der Waals surface area contributed by atoms with Gasteiger partial charge in [-0.05, 0) is 13.3 Å². The average Bonchev–Trinajstić information content (AvgIpc) is 2.61. The molecule has 0 spiro atoms. The molecule has 100 valence electrons. The van der Waals surface area contributed by atoms with Gasteiger partial charge in [-0.15, -0.1) is 5.06 Å². The fourth-order valence-corrected chi connectivity index (χ4v) is 1.48. The van der Waals surface area contributed by atoms with Gasteiger partial charge in [0.2, 0.25) is 5.91 Å². The number of nitrogens with one attached hydrogen (secondary N) is 1. The van der Waals surface area contributed by atoms with E-state index in [2.05, 4.69) is 10.2 Å². The molecule has 1 heterocycles. The predicted octanol–water partition coefficient (Wildman–Crippen LogP) is -0.100. The van der Waals surface area contributed by atoms with E-state index in [9.17, 15) is 19.2 Å². The zero-order valence-corrected chi connectivity index (χ0v) is 10.2. The van der Waals surface area contributed by atoms with Gasteiger partial charge in [-0.2, -0.15) is 0 Å². The average molecular weight is 256 g/mol. The maximum Gasteiger partial charge on any atom is 0.333 e. The molecule has 0 atom stereocenters. The Labute approximate surface area is 104 Å². The summed E-state index contributed by atoms with van der Waals surface area (Å²) in [6, 6.07) is 0. The molecule has 7 heteroatoms. The van der Waals surface area contributed by atoms with Crippen LogP contribution < -0.4 is 5.32 Å². The lowest BCUT2D eigenvalue weighted by Crippen LogP contribution is -2.32. The van der Waals surface area contributed by atoms with Gasteiger partial charge in [-0.1, -0.05) is 0 Å². The molecule has 1 aliphatic rings. The summed E-state index contributed by atoms with van der Waals surface area (Å²) in [7, 11) is 0. The van der Waals surface area contributed by atoms with Crippen molar-refractivity contribution in [2.75, 3.05) is 6.54 Å². The minimum absolute atomic E-state index is 0.00576. The van der Waals surface area contributed by atoms with Gasteiger partial charge in [0.25, 0.3) is 11.8 Å². The van der Waals surface area contributed by atoms with Crippen molar-refractivity contribution >= 4 is 23.7 Å². The summed E-state index contributed by atoms with van der Waals surface area (Å²) in [5, 5.41) is 3.11. The molecular weight excluding hydrogens is 240 g/mol. The molecule has 0 bridgehead atoms. The Balaban J connectivity index is 2.23. The van der Waals surface area contributed by atoms with Crippen molar-refractivity contribution in [1.29, 1.82) is 0 Å². The maximum absolute atomic E-state index is 11.3. The lowest BCUT2D eigenvalue weighted by molar-refractivity contribution is -0.197. The summed E-state index contributed by atoms with van der Waals surface area (Å²) < 4.78 is 0. The largest absolute Gasteiger partial charge is 0.356 e. The number of rotatable bonds is 6. The number of imide groups is 1. The van der Waals surface area contributed by atoms with Crippen molar-refractivity contribution in [3.63, 3.8) is 0 Å². The summed E-state index contributed by atoms with van der Waals surface area (Å²) in [6.07, 6.45) is 0.677. The van der Waals surface area contributed by atoms with Crippen LogP contribution in [0.15, 0.2) is 0 Å². The minimum atomic E-state index is -0.678. The van der Waals surface area contributed by atoms with Crippen LogP contribution in [0.3, 0.4) is 0 Å². The highest BCUT2D eigenvalue weighted by Crippen LogP contribution is 2.13. The standard InChI is InChI=1S/C11H16N2O5/c1-2-12-8(14)4-3-5-11(17)18-13-9(15)6-7-10(13)16/h2-7H2,1H3,(H,12,14). The van der Waals surface area contributed by atoms with Crippen LogP contribution in [0.4, 0.5) is 0 Å². The van der Waals surface area contributed by atoms with Crippen LogP contribution in [-0.4, -0.2) is 35.3 Å². The lowest BCUT2D eigenvalue weighted by Gasteiger charge is -2.12. The molecule has 0 radical (unpaired) electrons. The maximum atomic E-state index is 11.3. The Morgan fingerprint density at radius 1 is 1.22 bits per heavy atom. The van der Waals surface area contributed by atoms with Crippen LogP contribution in [0.5, 0.6) is 0 Å². The molecular formula is C11H16N2O5. The number of hydrogen-bond acceptors (Lipinski definition) is 5. The fourth-order valence-electron chi connectivity index (χ4n) is 1.48. The Hall–Kier alpha value is -1.92. The van der Waals surface area contributed by atoms with E-state index >= 15 is 0 Å². The van der Waals surface area contributed by atoms with Crippen molar-refractivity contribution in [3.05, 3.63) is 0 Å². The second-order valence-corrected chi connectivity index (χ2v) is 3.85. The number of hydroxylamine groups is 2. The van der Waals surface area contributed by atoms with E-state index in [-0.39, 0.29) is 31.6 Å². The number of carbonyl (C=O) groups is 4. The highest BCUT2D eigenvalue weighted by molar-refractivity contribution is 6.01. The van der Waals surface area contributed by atoms with Crippen molar-refractivity contribution in [2.24, 2.45) is 0 Å². The van der Waals surface area contributed by atoms with Crippen LogP contribution in [0, 0.1) is 0 Å². The van der Waals surface area contributed by atoms with E-state index in [4.69, 9.17) is 0 Å². The van der Waals surface area contributed by atoms with Crippen molar-refractivity contribution in [2.45, 2.75) is 39.0 Å². The van der Waals surface area contributed by atoms with Gasteiger partial charge < -0.3 is 10.2 Å². The molecule has 1 saturated heterocycles. The van der Waals surface area contributed by atoms with Gasteiger partial charge >= 0.3 is 5.97 Å². The van der Waals surface area contributed by atoms with E-state index in [1.165, 1.54) is 0 Å². The number of hydrogen-bond donors (Lipinski definition) is 1. The summed E-state index contributed by atoms with van der Waals surface area (Å²) in [6.45, 7) is 2.34. The van der Waals surface area contributed by atoms with Gasteiger partial charge in [0.1, 0.15) is 0 Å². The van der Waals surface area contributed by atoms with E-state index in [1.807, 2.05) is 0 Å². The first-order valence-electron chi connectivity index (χ1n) is 5.88. The molecule has 1 fully saturated rings. The first kappa shape index (κ1) is 14.1. The second-order valence-electron chi connectivity index (χ2n) is 3.85. The zero-order chi connectivity index (χ0) is 13.5. The van der Waals surface area contributed by atoms with Crippen molar-refractivity contribution < 1.29 is 24.0 Å². The number of amides is 3. The van der Waals surface area contributed by atoms with Gasteiger partial charge in [0, 0.05) is 32.2 Å². The molecule has 18 heavy (non-hydrogen) atoms. The summed E-state index contributed by atoms with van der Waals surface area (Å²) in [4.78, 5) is 49.4. The Bertz CT molecular complexity index is 350. The Morgan fingerprint density at radius 3 is 2.39 bits per heavy atom. The normalized spacial score (nSPS) is 14.8. The third-order valence-electron chi connectivity index (χ3n) is 2.36. The third kappa shape index (κ3) is 4.15. The van der Waals surface area contributed by atoms with E-state index < -0.39 is 17.8 Å². The smallest absolute Gasteiger partial charge is 0.333 e. The molecule has 1 aliphatic heterocycles.